The second-order valence-corrected chi connectivity index (χ2v) is 4.55. The molecule has 0 spiro atoms. The van der Waals surface area contributed by atoms with Crippen LogP contribution in [0.2, 0.25) is 5.02 Å². The van der Waals surface area contributed by atoms with E-state index in [1.165, 1.54) is 0 Å². The zero-order valence-electron chi connectivity index (χ0n) is 10.1. The van der Waals surface area contributed by atoms with Crippen molar-refractivity contribution < 1.29 is 0 Å². The summed E-state index contributed by atoms with van der Waals surface area (Å²) >= 11 is 6.03. The Morgan fingerprint density at radius 2 is 2.16 bits per heavy atom. The van der Waals surface area contributed by atoms with Crippen molar-refractivity contribution in [2.75, 3.05) is 11.9 Å². The highest BCUT2D eigenvalue weighted by molar-refractivity contribution is 6.31. The van der Waals surface area contributed by atoms with Crippen LogP contribution in [0.5, 0.6) is 0 Å². The lowest BCUT2D eigenvalue weighted by molar-refractivity contribution is 0.609. The molecule has 0 bridgehead atoms. The summed E-state index contributed by atoms with van der Waals surface area (Å²) in [5.74, 6) is 0. The van der Waals surface area contributed by atoms with Crippen LogP contribution in [0.3, 0.4) is 0 Å². The van der Waals surface area contributed by atoms with Gasteiger partial charge in [-0.15, -0.1) is 5.10 Å². The minimum Gasteiger partial charge on any atom is -0.383 e. The first-order valence-corrected chi connectivity index (χ1v) is 6.33. The molecule has 0 aliphatic rings. The van der Waals surface area contributed by atoms with E-state index in [0.717, 1.165) is 29.7 Å². The van der Waals surface area contributed by atoms with Crippen LogP contribution in [-0.2, 0) is 6.54 Å². The number of rotatable bonds is 4. The van der Waals surface area contributed by atoms with Gasteiger partial charge < -0.3 is 5.32 Å². The summed E-state index contributed by atoms with van der Waals surface area (Å²) in [5, 5.41) is 12.8. The third-order valence-corrected chi connectivity index (χ3v) is 3.07. The van der Waals surface area contributed by atoms with E-state index < -0.39 is 0 Å². The van der Waals surface area contributed by atoms with Crippen molar-refractivity contribution >= 4 is 28.2 Å². The quantitative estimate of drug-likeness (QED) is 0.794. The van der Waals surface area contributed by atoms with Gasteiger partial charge in [0.1, 0.15) is 0 Å². The lowest BCUT2D eigenvalue weighted by atomic mass is 10.2. The van der Waals surface area contributed by atoms with Crippen molar-refractivity contribution in [3.63, 3.8) is 0 Å². The van der Waals surface area contributed by atoms with E-state index in [0.29, 0.717) is 5.02 Å². The maximum atomic E-state index is 6.03. The van der Waals surface area contributed by atoms with Gasteiger partial charge in [0.25, 0.3) is 0 Å². The molecule has 6 heteroatoms. The Bertz CT molecular complexity index is 681. The minimum atomic E-state index is 0.708. The summed E-state index contributed by atoms with van der Waals surface area (Å²) in [7, 11) is 0. The number of pyridine rings is 1. The minimum absolute atomic E-state index is 0.708. The predicted octanol–water partition coefficient (Wildman–Crippen LogP) is 2.59. The second-order valence-electron chi connectivity index (χ2n) is 4.11. The monoisotopic (exact) mass is 273 g/mol. The Morgan fingerprint density at radius 1 is 1.21 bits per heavy atom. The largest absolute Gasteiger partial charge is 0.383 e. The SMILES string of the molecule is Clc1ccc2nccc(NCCn3ccnn3)c2c1. The number of benzene rings is 1. The van der Waals surface area contributed by atoms with E-state index in [-0.39, 0.29) is 0 Å². The fourth-order valence-electron chi connectivity index (χ4n) is 1.93. The molecule has 0 saturated heterocycles. The molecule has 2 heterocycles. The lowest BCUT2D eigenvalue weighted by Gasteiger charge is -2.09. The first-order valence-electron chi connectivity index (χ1n) is 5.95. The number of halogens is 1. The Labute approximate surface area is 115 Å². The third kappa shape index (κ3) is 2.66. The molecule has 0 unspecified atom stereocenters. The number of hydrogen-bond acceptors (Lipinski definition) is 4. The maximum Gasteiger partial charge on any atom is 0.0723 e. The summed E-state index contributed by atoms with van der Waals surface area (Å²) in [5.41, 5.74) is 1.95. The number of hydrogen-bond donors (Lipinski definition) is 1. The molecule has 0 radical (unpaired) electrons. The molecule has 2 aromatic heterocycles. The number of anilines is 1. The molecule has 5 nitrogen and oxygen atoms in total. The molecule has 1 aromatic carbocycles. The van der Waals surface area contributed by atoms with Crippen LogP contribution in [0.25, 0.3) is 10.9 Å². The molecule has 0 aliphatic carbocycles. The highest BCUT2D eigenvalue weighted by Crippen LogP contribution is 2.24. The average Bonchev–Trinajstić information content (AvgIpc) is 2.92. The fourth-order valence-corrected chi connectivity index (χ4v) is 2.10. The van der Waals surface area contributed by atoms with Crippen molar-refractivity contribution in [3.8, 4) is 0 Å². The average molecular weight is 274 g/mol. The molecule has 0 atom stereocenters. The van der Waals surface area contributed by atoms with Gasteiger partial charge in [-0.1, -0.05) is 16.8 Å². The number of fused-ring (bicyclic) bond motifs is 1. The Hall–Kier alpha value is -2.14. The standard InChI is InChI=1S/C13H12ClN5/c14-10-1-2-12-11(9-10)13(3-4-15-12)16-5-7-19-8-6-17-18-19/h1-4,6,8-9H,5,7H2,(H,15,16). The van der Waals surface area contributed by atoms with E-state index in [9.17, 15) is 0 Å². The van der Waals surface area contributed by atoms with Crippen molar-refractivity contribution in [1.82, 2.24) is 20.0 Å². The Kier molecular flexibility index (Phi) is 3.29. The van der Waals surface area contributed by atoms with Gasteiger partial charge >= 0.3 is 0 Å². The molecule has 0 aliphatic heterocycles. The van der Waals surface area contributed by atoms with Crippen molar-refractivity contribution in [2.24, 2.45) is 0 Å². The Balaban J connectivity index is 1.78. The van der Waals surface area contributed by atoms with Crippen LogP contribution in [0, 0.1) is 0 Å². The van der Waals surface area contributed by atoms with Gasteiger partial charge in [0.05, 0.1) is 18.3 Å². The van der Waals surface area contributed by atoms with E-state index in [1.54, 1.807) is 17.1 Å². The molecule has 0 amide bonds. The molecular formula is C13H12ClN5. The van der Waals surface area contributed by atoms with Crippen LogP contribution in [0.15, 0.2) is 42.9 Å². The molecule has 0 saturated carbocycles. The van der Waals surface area contributed by atoms with Crippen LogP contribution in [-0.4, -0.2) is 26.5 Å². The maximum absolute atomic E-state index is 6.03. The molecular weight excluding hydrogens is 262 g/mol. The highest BCUT2D eigenvalue weighted by Gasteiger charge is 2.02. The zero-order valence-corrected chi connectivity index (χ0v) is 10.9. The molecule has 1 N–H and O–H groups in total. The molecule has 19 heavy (non-hydrogen) atoms. The summed E-state index contributed by atoms with van der Waals surface area (Å²) in [6, 6.07) is 7.62. The number of aromatic nitrogens is 4. The van der Waals surface area contributed by atoms with Crippen LogP contribution >= 0.6 is 11.6 Å². The van der Waals surface area contributed by atoms with Crippen LogP contribution in [0.4, 0.5) is 5.69 Å². The van der Waals surface area contributed by atoms with Gasteiger partial charge in [-0.05, 0) is 24.3 Å². The van der Waals surface area contributed by atoms with Gasteiger partial charge in [-0.3, -0.25) is 9.67 Å². The fraction of sp³-hybridized carbons (Fsp3) is 0.154. The first-order chi connectivity index (χ1) is 9.33. The van der Waals surface area contributed by atoms with E-state index in [4.69, 9.17) is 11.6 Å². The molecule has 0 fully saturated rings. The van der Waals surface area contributed by atoms with Gasteiger partial charge in [-0.2, -0.15) is 0 Å². The molecule has 96 valence electrons. The molecule has 3 rings (SSSR count). The summed E-state index contributed by atoms with van der Waals surface area (Å²) in [6.07, 6.45) is 5.29. The molecule has 3 aromatic rings. The summed E-state index contributed by atoms with van der Waals surface area (Å²) < 4.78 is 1.78. The zero-order chi connectivity index (χ0) is 13.1. The van der Waals surface area contributed by atoms with Gasteiger partial charge in [-0.25, -0.2) is 0 Å². The highest BCUT2D eigenvalue weighted by atomic mass is 35.5. The van der Waals surface area contributed by atoms with Crippen molar-refractivity contribution in [1.29, 1.82) is 0 Å². The normalized spacial score (nSPS) is 10.8. The van der Waals surface area contributed by atoms with Gasteiger partial charge in [0.15, 0.2) is 0 Å². The summed E-state index contributed by atoms with van der Waals surface area (Å²) in [6.45, 7) is 1.51. The van der Waals surface area contributed by atoms with Crippen molar-refractivity contribution in [3.05, 3.63) is 47.9 Å². The van der Waals surface area contributed by atoms with Crippen LogP contribution in [0.1, 0.15) is 0 Å². The topological polar surface area (TPSA) is 55.6 Å². The predicted molar refractivity (Wildman–Crippen MR) is 75.3 cm³/mol. The third-order valence-electron chi connectivity index (χ3n) is 2.83. The van der Waals surface area contributed by atoms with Crippen molar-refractivity contribution in [2.45, 2.75) is 6.54 Å². The van der Waals surface area contributed by atoms with E-state index in [1.807, 2.05) is 30.5 Å². The van der Waals surface area contributed by atoms with Gasteiger partial charge in [0, 0.05) is 35.0 Å². The number of nitrogens with one attached hydrogen (secondary N) is 1. The number of nitrogens with zero attached hydrogens (tertiary/aromatic N) is 4. The van der Waals surface area contributed by atoms with Crippen LogP contribution < -0.4 is 5.32 Å². The first kappa shape index (κ1) is 11.9. The second kappa shape index (κ2) is 5.24. The van der Waals surface area contributed by atoms with E-state index in [2.05, 4.69) is 20.6 Å². The van der Waals surface area contributed by atoms with Gasteiger partial charge in [0.2, 0.25) is 0 Å². The lowest BCUT2D eigenvalue weighted by Crippen LogP contribution is -2.11. The summed E-state index contributed by atoms with van der Waals surface area (Å²) in [4.78, 5) is 4.31. The smallest absolute Gasteiger partial charge is 0.0723 e. The van der Waals surface area contributed by atoms with E-state index >= 15 is 0 Å². The Morgan fingerprint density at radius 3 is 3.00 bits per heavy atom.